The van der Waals surface area contributed by atoms with Crippen molar-refractivity contribution in [2.75, 3.05) is 11.4 Å². The van der Waals surface area contributed by atoms with Crippen LogP contribution in [0.2, 0.25) is 0 Å². The number of imidazole rings is 1. The van der Waals surface area contributed by atoms with E-state index in [-0.39, 0.29) is 5.91 Å². The minimum atomic E-state index is -0.0704. The van der Waals surface area contributed by atoms with Gasteiger partial charge in [-0.3, -0.25) is 9.69 Å². The van der Waals surface area contributed by atoms with Gasteiger partial charge in [0.05, 0.1) is 16.5 Å². The van der Waals surface area contributed by atoms with E-state index in [0.29, 0.717) is 17.9 Å². The third kappa shape index (κ3) is 5.25. The fourth-order valence-electron chi connectivity index (χ4n) is 3.96. The first kappa shape index (κ1) is 22.8. The Morgan fingerprint density at radius 3 is 2.54 bits per heavy atom. The summed E-state index contributed by atoms with van der Waals surface area (Å²) < 4.78 is 9.00. The number of aromatic nitrogens is 3. The molecule has 0 saturated carbocycles. The van der Waals surface area contributed by atoms with Crippen molar-refractivity contribution in [2.45, 2.75) is 26.3 Å². The van der Waals surface area contributed by atoms with Crippen molar-refractivity contribution in [3.05, 3.63) is 103 Å². The van der Waals surface area contributed by atoms with Gasteiger partial charge in [0.1, 0.15) is 11.5 Å². The van der Waals surface area contributed by atoms with Gasteiger partial charge in [-0.05, 0) is 60.9 Å². The summed E-state index contributed by atoms with van der Waals surface area (Å²) in [7, 11) is 0. The highest BCUT2D eigenvalue weighted by Gasteiger charge is 2.22. The molecule has 0 atom stereocenters. The minimum absolute atomic E-state index is 0.0704. The Labute approximate surface area is 208 Å². The number of benzene rings is 3. The van der Waals surface area contributed by atoms with Gasteiger partial charge in [-0.25, -0.2) is 9.97 Å². The topological polar surface area (TPSA) is 60.2 Å². The Morgan fingerprint density at radius 1 is 1.00 bits per heavy atom. The zero-order chi connectivity index (χ0) is 24.0. The lowest BCUT2D eigenvalue weighted by atomic mass is 10.1. The summed E-state index contributed by atoms with van der Waals surface area (Å²) in [6.45, 7) is 3.46. The molecule has 0 spiro atoms. The molecule has 1 amide bonds. The molecule has 2 aromatic heterocycles. The highest BCUT2D eigenvalue weighted by atomic mass is 32.1. The largest absolute Gasteiger partial charge is 0.457 e. The molecule has 0 aliphatic heterocycles. The number of carbonyl (C=O) groups is 1. The molecule has 0 N–H and O–H groups in total. The molecular formula is C28H26N4O2S. The Balaban J connectivity index is 1.40. The Morgan fingerprint density at radius 2 is 1.80 bits per heavy atom. The third-order valence-electron chi connectivity index (χ3n) is 5.79. The van der Waals surface area contributed by atoms with Crippen LogP contribution < -0.4 is 9.64 Å². The standard InChI is InChI=1S/C28H26N4O2S/c1-2-21-8-6-11-25-26(21)30-28(35-25)32(18-7-17-31-19-16-29-20-31)27(33)22-12-14-24(15-13-22)34-23-9-4-3-5-10-23/h3-6,8-16,19-20H,2,7,17-18H2,1H3. The summed E-state index contributed by atoms with van der Waals surface area (Å²) in [6.07, 6.45) is 7.18. The monoisotopic (exact) mass is 482 g/mol. The lowest BCUT2D eigenvalue weighted by Crippen LogP contribution is -2.32. The summed E-state index contributed by atoms with van der Waals surface area (Å²) in [4.78, 5) is 24.5. The Hall–Kier alpha value is -3.97. The van der Waals surface area contributed by atoms with Crippen LogP contribution in [0.3, 0.4) is 0 Å². The van der Waals surface area contributed by atoms with Crippen molar-refractivity contribution in [3.63, 3.8) is 0 Å². The van der Waals surface area contributed by atoms with Gasteiger partial charge in [0.2, 0.25) is 0 Å². The van der Waals surface area contributed by atoms with Crippen LogP contribution in [-0.2, 0) is 13.0 Å². The maximum Gasteiger partial charge on any atom is 0.260 e. The van der Waals surface area contributed by atoms with Gasteiger partial charge in [-0.15, -0.1) is 0 Å². The number of ether oxygens (including phenoxy) is 1. The first-order valence-corrected chi connectivity index (χ1v) is 12.5. The normalized spacial score (nSPS) is 11.0. The molecule has 2 heterocycles. The van der Waals surface area contributed by atoms with Crippen molar-refractivity contribution in [2.24, 2.45) is 0 Å². The smallest absolute Gasteiger partial charge is 0.260 e. The summed E-state index contributed by atoms with van der Waals surface area (Å²) in [5.41, 5.74) is 2.77. The van der Waals surface area contributed by atoms with E-state index in [2.05, 4.69) is 30.1 Å². The molecule has 0 aliphatic rings. The van der Waals surface area contributed by atoms with Gasteiger partial charge in [0.15, 0.2) is 5.13 Å². The van der Waals surface area contributed by atoms with E-state index in [1.54, 1.807) is 28.8 Å². The molecule has 0 fully saturated rings. The number of hydrogen-bond donors (Lipinski definition) is 0. The molecular weight excluding hydrogens is 456 g/mol. The maximum atomic E-state index is 13.7. The first-order valence-electron chi connectivity index (χ1n) is 11.7. The molecule has 7 heteroatoms. The zero-order valence-electron chi connectivity index (χ0n) is 19.5. The van der Waals surface area contributed by atoms with Gasteiger partial charge in [0, 0.05) is 31.0 Å². The molecule has 0 unspecified atom stereocenters. The van der Waals surface area contributed by atoms with E-state index in [4.69, 9.17) is 9.72 Å². The van der Waals surface area contributed by atoms with E-state index in [1.165, 1.54) is 5.56 Å². The Kier molecular flexibility index (Phi) is 6.86. The fraction of sp³-hybridized carbons (Fsp3) is 0.179. The van der Waals surface area contributed by atoms with Crippen LogP contribution in [-0.4, -0.2) is 27.0 Å². The highest BCUT2D eigenvalue weighted by molar-refractivity contribution is 7.22. The molecule has 0 aliphatic carbocycles. The second-order valence-corrected chi connectivity index (χ2v) is 9.17. The lowest BCUT2D eigenvalue weighted by molar-refractivity contribution is 0.0986. The Bertz CT molecular complexity index is 1400. The number of rotatable bonds is 9. The quantitative estimate of drug-likeness (QED) is 0.238. The van der Waals surface area contributed by atoms with Crippen LogP contribution in [0.4, 0.5) is 5.13 Å². The van der Waals surface area contributed by atoms with Crippen LogP contribution in [0.5, 0.6) is 11.5 Å². The highest BCUT2D eigenvalue weighted by Crippen LogP contribution is 2.32. The number of para-hydroxylation sites is 2. The molecule has 0 radical (unpaired) electrons. The number of thiazole rings is 1. The predicted molar refractivity (Wildman–Crippen MR) is 140 cm³/mol. The summed E-state index contributed by atoms with van der Waals surface area (Å²) in [6, 6.07) is 23.1. The molecule has 35 heavy (non-hydrogen) atoms. The summed E-state index contributed by atoms with van der Waals surface area (Å²) in [5, 5.41) is 0.723. The van der Waals surface area contributed by atoms with Crippen LogP contribution >= 0.6 is 11.3 Å². The number of hydrogen-bond acceptors (Lipinski definition) is 5. The average Bonchev–Trinajstić information content (AvgIpc) is 3.57. The van der Waals surface area contributed by atoms with Gasteiger partial charge in [0.25, 0.3) is 5.91 Å². The zero-order valence-corrected chi connectivity index (χ0v) is 20.3. The van der Waals surface area contributed by atoms with Crippen molar-refractivity contribution < 1.29 is 9.53 Å². The van der Waals surface area contributed by atoms with Crippen molar-refractivity contribution in [1.29, 1.82) is 0 Å². The number of fused-ring (bicyclic) bond motifs is 1. The van der Waals surface area contributed by atoms with Crippen LogP contribution in [0.1, 0.15) is 29.3 Å². The van der Waals surface area contributed by atoms with Gasteiger partial charge in [-0.2, -0.15) is 0 Å². The SMILES string of the molecule is CCc1cccc2sc(N(CCCn3ccnc3)C(=O)c3ccc(Oc4ccccc4)cc3)nc12. The van der Waals surface area contributed by atoms with E-state index in [1.807, 2.05) is 65.4 Å². The van der Waals surface area contributed by atoms with Gasteiger partial charge >= 0.3 is 0 Å². The van der Waals surface area contributed by atoms with Crippen LogP contribution in [0.25, 0.3) is 10.2 Å². The second kappa shape index (κ2) is 10.5. The van der Waals surface area contributed by atoms with Crippen molar-refractivity contribution in [1.82, 2.24) is 14.5 Å². The summed E-state index contributed by atoms with van der Waals surface area (Å²) >= 11 is 1.56. The molecule has 176 valence electrons. The second-order valence-electron chi connectivity index (χ2n) is 8.16. The fourth-order valence-corrected chi connectivity index (χ4v) is 4.99. The number of carbonyl (C=O) groups excluding carboxylic acids is 1. The van der Waals surface area contributed by atoms with E-state index in [0.717, 1.165) is 40.5 Å². The molecule has 5 rings (SSSR count). The minimum Gasteiger partial charge on any atom is -0.457 e. The number of nitrogens with zero attached hydrogens (tertiary/aromatic N) is 4. The van der Waals surface area contributed by atoms with Gasteiger partial charge < -0.3 is 9.30 Å². The number of anilines is 1. The maximum absolute atomic E-state index is 13.7. The van der Waals surface area contributed by atoms with Crippen molar-refractivity contribution >= 4 is 32.6 Å². The molecule has 6 nitrogen and oxygen atoms in total. The van der Waals surface area contributed by atoms with Gasteiger partial charge in [-0.1, -0.05) is 48.6 Å². The number of amides is 1. The first-order chi connectivity index (χ1) is 17.2. The molecule has 3 aromatic carbocycles. The van der Waals surface area contributed by atoms with Crippen molar-refractivity contribution in [3.8, 4) is 11.5 Å². The number of aryl methyl sites for hydroxylation is 2. The third-order valence-corrected chi connectivity index (χ3v) is 6.83. The average molecular weight is 483 g/mol. The van der Waals surface area contributed by atoms with Crippen LogP contribution in [0.15, 0.2) is 91.5 Å². The summed E-state index contributed by atoms with van der Waals surface area (Å²) in [5.74, 6) is 1.37. The molecule has 0 bridgehead atoms. The predicted octanol–water partition coefficient (Wildman–Crippen LogP) is 6.58. The lowest BCUT2D eigenvalue weighted by Gasteiger charge is -2.20. The van der Waals surface area contributed by atoms with E-state index >= 15 is 0 Å². The molecule has 0 saturated heterocycles. The van der Waals surface area contributed by atoms with E-state index < -0.39 is 0 Å². The van der Waals surface area contributed by atoms with E-state index in [9.17, 15) is 4.79 Å². The van der Waals surface area contributed by atoms with Crippen LogP contribution in [0, 0.1) is 0 Å². The molecule has 5 aromatic rings.